The molecule has 0 radical (unpaired) electrons. The van der Waals surface area contributed by atoms with E-state index in [-0.39, 0.29) is 12.5 Å². The molecule has 5 nitrogen and oxygen atoms in total. The van der Waals surface area contributed by atoms with E-state index in [1.807, 2.05) is 11.0 Å². The van der Waals surface area contributed by atoms with Gasteiger partial charge in [0.15, 0.2) is 12.6 Å². The fraction of sp³-hybridized carbons (Fsp3) is 0.545. The highest BCUT2D eigenvalue weighted by molar-refractivity contribution is 5.80. The first-order chi connectivity index (χ1) is 18.6. The summed E-state index contributed by atoms with van der Waals surface area (Å²) in [6.45, 7) is 3.12. The second-order valence-corrected chi connectivity index (χ2v) is 10.7. The molecule has 0 bridgehead atoms. The SMILES string of the molecule is CCCCCCCCc1ccc(CN(Cc2ccc(OCC=O)c(C=O)c2)C(=O)CCC2CCCC2)cc1. The van der Waals surface area contributed by atoms with Crippen LogP contribution in [0.2, 0.25) is 0 Å². The third-order valence-electron chi connectivity index (χ3n) is 7.69. The van der Waals surface area contributed by atoms with Crippen LogP contribution in [0.5, 0.6) is 5.75 Å². The van der Waals surface area contributed by atoms with Crippen LogP contribution in [0, 0.1) is 5.92 Å². The number of hydrogen-bond acceptors (Lipinski definition) is 4. The molecule has 0 spiro atoms. The van der Waals surface area contributed by atoms with Gasteiger partial charge in [0.25, 0.3) is 0 Å². The number of ether oxygens (including phenoxy) is 1. The number of unbranched alkanes of at least 4 members (excludes halogenated alkanes) is 5. The molecule has 0 atom stereocenters. The minimum absolute atomic E-state index is 0.0964. The number of aryl methyl sites for hydroxylation is 1. The van der Waals surface area contributed by atoms with E-state index in [1.165, 1.54) is 69.8 Å². The van der Waals surface area contributed by atoms with Gasteiger partial charge in [0, 0.05) is 19.5 Å². The Morgan fingerprint density at radius 3 is 2.26 bits per heavy atom. The first kappa shape index (κ1) is 29.6. The molecular formula is C33H45NO4. The molecule has 2 aromatic rings. The Kier molecular flexibility index (Phi) is 13.1. The summed E-state index contributed by atoms with van der Waals surface area (Å²) in [6.07, 6.45) is 16.8. The molecule has 0 saturated heterocycles. The molecular weight excluding hydrogens is 474 g/mol. The van der Waals surface area contributed by atoms with Crippen LogP contribution in [-0.4, -0.2) is 30.0 Å². The number of amides is 1. The van der Waals surface area contributed by atoms with Crippen molar-refractivity contribution in [3.05, 3.63) is 64.7 Å². The van der Waals surface area contributed by atoms with Crippen molar-refractivity contribution in [2.45, 2.75) is 103 Å². The third kappa shape index (κ3) is 10.1. The van der Waals surface area contributed by atoms with E-state index >= 15 is 0 Å². The molecule has 5 heteroatoms. The fourth-order valence-electron chi connectivity index (χ4n) is 5.42. The highest BCUT2D eigenvalue weighted by Crippen LogP contribution is 2.29. The highest BCUT2D eigenvalue weighted by Gasteiger charge is 2.20. The van der Waals surface area contributed by atoms with Gasteiger partial charge in [-0.25, -0.2) is 0 Å². The lowest BCUT2D eigenvalue weighted by Crippen LogP contribution is -2.30. The van der Waals surface area contributed by atoms with Crippen molar-refractivity contribution >= 4 is 18.5 Å². The molecule has 1 fully saturated rings. The summed E-state index contributed by atoms with van der Waals surface area (Å²) in [6, 6.07) is 14.0. The van der Waals surface area contributed by atoms with Gasteiger partial charge < -0.3 is 9.64 Å². The van der Waals surface area contributed by atoms with Crippen molar-refractivity contribution in [1.29, 1.82) is 0 Å². The normalized spacial score (nSPS) is 13.4. The summed E-state index contributed by atoms with van der Waals surface area (Å²) in [4.78, 5) is 37.6. The van der Waals surface area contributed by atoms with E-state index in [4.69, 9.17) is 4.74 Å². The van der Waals surface area contributed by atoms with Gasteiger partial charge in [0.1, 0.15) is 12.4 Å². The molecule has 1 aliphatic carbocycles. The maximum atomic E-state index is 13.4. The lowest BCUT2D eigenvalue weighted by Gasteiger charge is -2.24. The molecule has 0 aliphatic heterocycles. The number of benzene rings is 2. The number of carbonyl (C=O) groups excluding carboxylic acids is 3. The number of nitrogens with zero attached hydrogens (tertiary/aromatic N) is 1. The number of hydrogen-bond donors (Lipinski definition) is 0. The molecule has 206 valence electrons. The Morgan fingerprint density at radius 2 is 1.55 bits per heavy atom. The van der Waals surface area contributed by atoms with E-state index in [9.17, 15) is 14.4 Å². The van der Waals surface area contributed by atoms with Crippen LogP contribution in [0.4, 0.5) is 0 Å². The van der Waals surface area contributed by atoms with Crippen LogP contribution < -0.4 is 4.74 Å². The zero-order valence-electron chi connectivity index (χ0n) is 23.2. The molecule has 3 rings (SSSR count). The van der Waals surface area contributed by atoms with Crippen LogP contribution in [0.25, 0.3) is 0 Å². The predicted octanol–water partition coefficient (Wildman–Crippen LogP) is 7.48. The summed E-state index contributed by atoms with van der Waals surface area (Å²) >= 11 is 0. The van der Waals surface area contributed by atoms with Gasteiger partial charge in [-0.2, -0.15) is 0 Å². The number of carbonyl (C=O) groups is 3. The standard InChI is InChI=1S/C33H45NO4/c1-2-3-4-5-6-7-10-28-13-15-29(16-14-28)24-34(33(37)20-18-27-11-8-9-12-27)25-30-17-19-32(38-22-21-35)31(23-30)26-36/h13-17,19,21,23,26-27H,2-12,18,20,22,24-25H2,1H3. The first-order valence-electron chi connectivity index (χ1n) is 14.6. The zero-order chi connectivity index (χ0) is 27.0. The van der Waals surface area contributed by atoms with Gasteiger partial charge in [-0.05, 0) is 54.0 Å². The van der Waals surface area contributed by atoms with Crippen molar-refractivity contribution in [3.63, 3.8) is 0 Å². The molecule has 0 N–H and O–H groups in total. The Hall–Kier alpha value is -2.95. The second-order valence-electron chi connectivity index (χ2n) is 10.7. The van der Waals surface area contributed by atoms with Crippen LogP contribution in [-0.2, 0) is 29.1 Å². The molecule has 1 amide bonds. The third-order valence-corrected chi connectivity index (χ3v) is 7.69. The van der Waals surface area contributed by atoms with E-state index in [2.05, 4.69) is 31.2 Å². The van der Waals surface area contributed by atoms with Crippen LogP contribution in [0.1, 0.15) is 111 Å². The van der Waals surface area contributed by atoms with Crippen LogP contribution in [0.15, 0.2) is 42.5 Å². The monoisotopic (exact) mass is 519 g/mol. The van der Waals surface area contributed by atoms with Gasteiger partial charge in [0.05, 0.1) is 5.56 Å². The summed E-state index contributed by atoms with van der Waals surface area (Å²) < 4.78 is 5.36. The lowest BCUT2D eigenvalue weighted by atomic mass is 10.0. The molecule has 2 aromatic carbocycles. The zero-order valence-corrected chi connectivity index (χ0v) is 23.2. The van der Waals surface area contributed by atoms with Gasteiger partial charge in [-0.1, -0.05) is 95.0 Å². The molecule has 1 saturated carbocycles. The van der Waals surface area contributed by atoms with Gasteiger partial charge in [-0.15, -0.1) is 0 Å². The minimum atomic E-state index is -0.0964. The molecule has 0 unspecified atom stereocenters. The summed E-state index contributed by atoms with van der Waals surface area (Å²) in [7, 11) is 0. The average molecular weight is 520 g/mol. The van der Waals surface area contributed by atoms with E-state index in [0.29, 0.717) is 43.0 Å². The maximum absolute atomic E-state index is 13.4. The van der Waals surface area contributed by atoms with Crippen molar-refractivity contribution in [3.8, 4) is 5.75 Å². The van der Waals surface area contributed by atoms with Gasteiger partial charge >= 0.3 is 0 Å². The molecule has 38 heavy (non-hydrogen) atoms. The van der Waals surface area contributed by atoms with Crippen LogP contribution in [0.3, 0.4) is 0 Å². The van der Waals surface area contributed by atoms with Crippen molar-refractivity contribution < 1.29 is 19.1 Å². The summed E-state index contributed by atoms with van der Waals surface area (Å²) in [5, 5.41) is 0. The smallest absolute Gasteiger partial charge is 0.223 e. The highest BCUT2D eigenvalue weighted by atomic mass is 16.5. The van der Waals surface area contributed by atoms with Crippen molar-refractivity contribution in [2.24, 2.45) is 5.92 Å². The maximum Gasteiger partial charge on any atom is 0.223 e. The lowest BCUT2D eigenvalue weighted by molar-refractivity contribution is -0.132. The van der Waals surface area contributed by atoms with Gasteiger partial charge in [-0.3, -0.25) is 14.4 Å². The predicted molar refractivity (Wildman–Crippen MR) is 152 cm³/mol. The quantitative estimate of drug-likeness (QED) is 0.151. The van der Waals surface area contributed by atoms with E-state index < -0.39 is 0 Å². The summed E-state index contributed by atoms with van der Waals surface area (Å²) in [5.74, 6) is 1.20. The Balaban J connectivity index is 1.64. The fourth-order valence-corrected chi connectivity index (χ4v) is 5.42. The van der Waals surface area contributed by atoms with Gasteiger partial charge in [0.2, 0.25) is 5.91 Å². The average Bonchev–Trinajstić information content (AvgIpc) is 3.47. The van der Waals surface area contributed by atoms with E-state index in [1.54, 1.807) is 12.1 Å². The molecule has 0 heterocycles. The summed E-state index contributed by atoms with van der Waals surface area (Å²) in [5.41, 5.74) is 3.73. The first-order valence-corrected chi connectivity index (χ1v) is 14.6. The van der Waals surface area contributed by atoms with Crippen molar-refractivity contribution in [1.82, 2.24) is 4.90 Å². The number of rotatable bonds is 18. The van der Waals surface area contributed by atoms with E-state index in [0.717, 1.165) is 30.3 Å². The molecule has 1 aliphatic rings. The van der Waals surface area contributed by atoms with Crippen molar-refractivity contribution in [2.75, 3.05) is 6.61 Å². The largest absolute Gasteiger partial charge is 0.485 e. The Morgan fingerprint density at radius 1 is 0.895 bits per heavy atom. The Labute approximate surface area is 229 Å². The minimum Gasteiger partial charge on any atom is -0.485 e. The number of aldehydes is 2. The Bertz CT molecular complexity index is 995. The molecule has 0 aromatic heterocycles. The second kappa shape index (κ2) is 16.8. The van der Waals surface area contributed by atoms with Crippen LogP contribution >= 0.6 is 0 Å². The topological polar surface area (TPSA) is 63.7 Å².